The molecule has 0 aliphatic carbocycles. The highest BCUT2D eigenvalue weighted by Crippen LogP contribution is 2.30. The van der Waals surface area contributed by atoms with Gasteiger partial charge in [-0.05, 0) is 42.9 Å². The number of rotatable bonds is 11. The Balaban J connectivity index is 1.72. The highest BCUT2D eigenvalue weighted by molar-refractivity contribution is 7.80. The van der Waals surface area contributed by atoms with Crippen molar-refractivity contribution >= 4 is 17.2 Å². The molecule has 0 unspecified atom stereocenters. The number of nitrogens with zero attached hydrogens (tertiary/aromatic N) is 4. The Morgan fingerprint density at radius 3 is 2.32 bits per heavy atom. The topological polar surface area (TPSA) is 97.0 Å². The Kier molecular flexibility index (Phi) is 9.70. The van der Waals surface area contributed by atoms with Crippen LogP contribution in [-0.2, 0) is 19.4 Å². The second-order valence-electron chi connectivity index (χ2n) is 11.0. The molecule has 0 aliphatic rings. The van der Waals surface area contributed by atoms with Gasteiger partial charge in [-0.1, -0.05) is 93.1 Å². The van der Waals surface area contributed by atoms with Gasteiger partial charge in [0.05, 0.1) is 17.2 Å². The number of H-pyrrole nitrogens is 1. The van der Waals surface area contributed by atoms with Crippen molar-refractivity contribution in [2.45, 2.75) is 78.8 Å². The monoisotopic (exact) mass is 573 g/mol. The summed E-state index contributed by atoms with van der Waals surface area (Å²) in [6.07, 6.45) is 3.11. The molecule has 8 nitrogen and oxygen atoms in total. The van der Waals surface area contributed by atoms with Crippen molar-refractivity contribution in [1.82, 2.24) is 24.6 Å². The Bertz CT molecular complexity index is 1620. The minimum absolute atomic E-state index is 0.0151. The van der Waals surface area contributed by atoms with Crippen LogP contribution >= 0.6 is 12.2 Å². The van der Waals surface area contributed by atoms with E-state index < -0.39 is 5.76 Å². The van der Waals surface area contributed by atoms with Crippen LogP contribution in [0, 0.1) is 0 Å². The van der Waals surface area contributed by atoms with E-state index >= 15 is 0 Å². The predicted octanol–water partition coefficient (Wildman–Crippen LogP) is 5.98. The first-order valence-electron chi connectivity index (χ1n) is 14.2. The zero-order valence-electron chi connectivity index (χ0n) is 24.7. The van der Waals surface area contributed by atoms with Crippen molar-refractivity contribution in [1.29, 1.82) is 0 Å². The maximum atomic E-state index is 14.1. The average Bonchev–Trinajstić information content (AvgIpc) is 3.40. The van der Waals surface area contributed by atoms with E-state index in [1.54, 1.807) is 0 Å². The molecule has 0 saturated carbocycles. The Hall–Kier alpha value is -3.85. The van der Waals surface area contributed by atoms with Crippen molar-refractivity contribution in [3.05, 3.63) is 92.1 Å². The number of aryl methyl sites for hydroxylation is 1. The average molecular weight is 574 g/mol. The van der Waals surface area contributed by atoms with Gasteiger partial charge in [-0.3, -0.25) is 18.9 Å². The molecule has 0 spiro atoms. The number of likely N-dealkylation sites (N-methyl/N-ethyl adjacent to an activating group) is 1. The molecule has 4 rings (SSSR count). The molecular weight excluding hydrogens is 534 g/mol. The SMILES string of the molecule is CCCCc1nc(C(C)C)c(CC(=S)N(C)C(C)C)c(=O)n1Cc1ccc(-c2ccccc2-c2noc(=O)[nH]2)cc1. The number of unbranched alkanes of at least 4 members (excludes halogenated alkanes) is 1. The van der Waals surface area contributed by atoms with Crippen LogP contribution in [0.25, 0.3) is 22.5 Å². The van der Waals surface area contributed by atoms with E-state index in [2.05, 4.69) is 44.8 Å². The van der Waals surface area contributed by atoms with Gasteiger partial charge in [0.15, 0.2) is 5.82 Å². The molecule has 0 bridgehead atoms. The summed E-state index contributed by atoms with van der Waals surface area (Å²) in [6.45, 7) is 10.9. The molecule has 0 fully saturated rings. The molecule has 0 aliphatic heterocycles. The fourth-order valence-electron chi connectivity index (χ4n) is 4.81. The zero-order chi connectivity index (χ0) is 29.7. The quantitative estimate of drug-likeness (QED) is 0.221. The van der Waals surface area contributed by atoms with Gasteiger partial charge in [0, 0.05) is 37.1 Å². The van der Waals surface area contributed by atoms with E-state index in [1.807, 2.05) is 65.0 Å². The maximum Gasteiger partial charge on any atom is 0.439 e. The summed E-state index contributed by atoms with van der Waals surface area (Å²) in [7, 11) is 1.98. The smallest absolute Gasteiger partial charge is 0.367 e. The van der Waals surface area contributed by atoms with Crippen molar-refractivity contribution < 1.29 is 4.52 Å². The summed E-state index contributed by atoms with van der Waals surface area (Å²) < 4.78 is 6.55. The van der Waals surface area contributed by atoms with Gasteiger partial charge in [-0.15, -0.1) is 0 Å². The van der Waals surface area contributed by atoms with Crippen molar-refractivity contribution in [2.75, 3.05) is 7.05 Å². The van der Waals surface area contributed by atoms with E-state index in [0.29, 0.717) is 24.4 Å². The highest BCUT2D eigenvalue weighted by Gasteiger charge is 2.22. The van der Waals surface area contributed by atoms with Crippen molar-refractivity contribution in [3.8, 4) is 22.5 Å². The van der Waals surface area contributed by atoms with E-state index in [4.69, 9.17) is 21.7 Å². The fourth-order valence-corrected chi connectivity index (χ4v) is 5.17. The molecular formula is C32H39N5O3S. The minimum atomic E-state index is -0.595. The predicted molar refractivity (Wildman–Crippen MR) is 167 cm³/mol. The van der Waals surface area contributed by atoms with Crippen LogP contribution in [0.1, 0.15) is 76.0 Å². The molecule has 9 heteroatoms. The number of hydrogen-bond acceptors (Lipinski definition) is 6. The molecule has 41 heavy (non-hydrogen) atoms. The summed E-state index contributed by atoms with van der Waals surface area (Å²) in [4.78, 5) is 36.1. The second kappa shape index (κ2) is 13.2. The van der Waals surface area contributed by atoms with E-state index in [-0.39, 0.29) is 17.5 Å². The minimum Gasteiger partial charge on any atom is -0.367 e. The van der Waals surface area contributed by atoms with E-state index in [0.717, 1.165) is 58.0 Å². The maximum absolute atomic E-state index is 14.1. The number of aromatic amines is 1. The van der Waals surface area contributed by atoms with Gasteiger partial charge in [-0.2, -0.15) is 0 Å². The number of aromatic nitrogens is 4. The zero-order valence-corrected chi connectivity index (χ0v) is 25.5. The van der Waals surface area contributed by atoms with Gasteiger partial charge in [0.25, 0.3) is 5.56 Å². The lowest BCUT2D eigenvalue weighted by atomic mass is 9.98. The van der Waals surface area contributed by atoms with Crippen LogP contribution in [0.2, 0.25) is 0 Å². The third kappa shape index (κ3) is 6.90. The van der Waals surface area contributed by atoms with Crippen LogP contribution < -0.4 is 11.3 Å². The summed E-state index contributed by atoms with van der Waals surface area (Å²) in [5, 5.41) is 3.86. The first-order valence-corrected chi connectivity index (χ1v) is 14.6. The van der Waals surface area contributed by atoms with Crippen LogP contribution in [0.4, 0.5) is 0 Å². The largest absolute Gasteiger partial charge is 0.439 e. The molecule has 1 N–H and O–H groups in total. The van der Waals surface area contributed by atoms with Crippen LogP contribution in [0.5, 0.6) is 0 Å². The number of thiocarbonyl (C=S) groups is 1. The Labute approximate surface area is 246 Å². The fraction of sp³-hybridized carbons (Fsp3) is 0.406. The van der Waals surface area contributed by atoms with Gasteiger partial charge in [-0.25, -0.2) is 9.78 Å². The number of hydrogen-bond donors (Lipinski definition) is 1. The summed E-state index contributed by atoms with van der Waals surface area (Å²) in [5.74, 6) is 0.713. The molecule has 2 aromatic heterocycles. The molecule has 4 aromatic rings. The summed E-state index contributed by atoms with van der Waals surface area (Å²) >= 11 is 5.74. The molecule has 2 aromatic carbocycles. The van der Waals surface area contributed by atoms with Gasteiger partial charge in [0.1, 0.15) is 5.82 Å². The molecule has 0 atom stereocenters. The van der Waals surface area contributed by atoms with Gasteiger partial charge < -0.3 is 4.90 Å². The highest BCUT2D eigenvalue weighted by atomic mass is 32.1. The van der Waals surface area contributed by atoms with Crippen molar-refractivity contribution in [3.63, 3.8) is 0 Å². The number of benzene rings is 2. The molecule has 0 radical (unpaired) electrons. The molecule has 0 amide bonds. The van der Waals surface area contributed by atoms with E-state index in [9.17, 15) is 9.59 Å². The third-order valence-electron chi connectivity index (χ3n) is 7.40. The van der Waals surface area contributed by atoms with Crippen LogP contribution in [0.15, 0.2) is 62.6 Å². The third-order valence-corrected chi connectivity index (χ3v) is 7.83. The second-order valence-corrected chi connectivity index (χ2v) is 11.5. The van der Waals surface area contributed by atoms with Crippen LogP contribution in [-0.4, -0.2) is 42.7 Å². The van der Waals surface area contributed by atoms with Crippen LogP contribution in [0.3, 0.4) is 0 Å². The summed E-state index contributed by atoms with van der Waals surface area (Å²) in [6, 6.07) is 16.0. The van der Waals surface area contributed by atoms with Gasteiger partial charge in [0.2, 0.25) is 0 Å². The normalized spacial score (nSPS) is 11.4. The lowest BCUT2D eigenvalue weighted by molar-refractivity contribution is 0.388. The standard InChI is InChI=1S/C32H39N5O3S/c1-7-8-13-27-33-29(20(2)3)26(18-28(41)36(6)21(4)5)31(38)37(27)19-22-14-16-23(17-15-22)24-11-9-10-12-25(24)30-34-32(39)40-35-30/h9-12,14-17,20-21H,7-8,13,18-19H2,1-6H3,(H,34,35,39). The molecule has 216 valence electrons. The van der Waals surface area contributed by atoms with Gasteiger partial charge >= 0.3 is 5.76 Å². The number of nitrogens with one attached hydrogen (secondary N) is 1. The molecule has 2 heterocycles. The summed E-state index contributed by atoms with van der Waals surface area (Å²) in [5.41, 5.74) is 5.15. The lowest BCUT2D eigenvalue weighted by Gasteiger charge is -2.26. The lowest BCUT2D eigenvalue weighted by Crippen LogP contribution is -2.37. The Morgan fingerprint density at radius 2 is 1.73 bits per heavy atom. The molecule has 0 saturated heterocycles. The first kappa shape index (κ1) is 30.1. The van der Waals surface area contributed by atoms with Crippen molar-refractivity contribution in [2.24, 2.45) is 0 Å². The van der Waals surface area contributed by atoms with E-state index in [1.165, 1.54) is 0 Å². The first-order chi connectivity index (χ1) is 19.6. The Morgan fingerprint density at radius 1 is 1.05 bits per heavy atom.